The number of piperazine rings is 1. The van der Waals surface area contributed by atoms with Gasteiger partial charge in [-0.1, -0.05) is 26.5 Å². The SMILES string of the molecule is C=CC(=O)N1CCN(C(=O)c2cccc(N3CCOCC3)c2)C[C@@H]1C(C)C. The summed E-state index contributed by atoms with van der Waals surface area (Å²) in [6.45, 7) is 12.5. The minimum absolute atomic E-state index is 0.00984. The summed E-state index contributed by atoms with van der Waals surface area (Å²) in [6, 6.07) is 7.84. The summed E-state index contributed by atoms with van der Waals surface area (Å²) in [6.07, 6.45) is 1.36. The monoisotopic (exact) mass is 371 g/mol. The van der Waals surface area contributed by atoms with Gasteiger partial charge in [0.15, 0.2) is 0 Å². The molecule has 0 aromatic heterocycles. The van der Waals surface area contributed by atoms with Crippen LogP contribution >= 0.6 is 0 Å². The molecule has 2 heterocycles. The van der Waals surface area contributed by atoms with E-state index in [9.17, 15) is 9.59 Å². The lowest BCUT2D eigenvalue weighted by molar-refractivity contribution is -0.131. The highest BCUT2D eigenvalue weighted by Gasteiger charge is 2.33. The molecule has 1 aromatic rings. The Bertz CT molecular complexity index is 698. The Kier molecular flexibility index (Phi) is 6.16. The molecule has 3 rings (SSSR count). The lowest BCUT2D eigenvalue weighted by atomic mass is 9.98. The highest BCUT2D eigenvalue weighted by molar-refractivity contribution is 5.95. The van der Waals surface area contributed by atoms with Crippen molar-refractivity contribution in [2.75, 3.05) is 50.8 Å². The third-order valence-electron chi connectivity index (χ3n) is 5.40. The Hall–Kier alpha value is -2.34. The van der Waals surface area contributed by atoms with E-state index >= 15 is 0 Å². The molecule has 0 radical (unpaired) electrons. The molecule has 6 nitrogen and oxygen atoms in total. The van der Waals surface area contributed by atoms with E-state index in [2.05, 4.69) is 25.3 Å². The number of rotatable bonds is 4. The van der Waals surface area contributed by atoms with Gasteiger partial charge >= 0.3 is 0 Å². The van der Waals surface area contributed by atoms with Crippen LogP contribution in [0.25, 0.3) is 0 Å². The number of hydrogen-bond acceptors (Lipinski definition) is 4. The molecular formula is C21H29N3O3. The number of amides is 2. The molecule has 2 aliphatic heterocycles. The summed E-state index contributed by atoms with van der Waals surface area (Å²) in [4.78, 5) is 31.2. The topological polar surface area (TPSA) is 53.1 Å². The van der Waals surface area contributed by atoms with Crippen LogP contribution in [0.5, 0.6) is 0 Å². The molecule has 0 saturated carbocycles. The fourth-order valence-corrected chi connectivity index (χ4v) is 3.80. The Morgan fingerprint density at radius 1 is 1.19 bits per heavy atom. The summed E-state index contributed by atoms with van der Waals surface area (Å²) in [5, 5.41) is 0. The molecule has 2 saturated heterocycles. The molecule has 2 fully saturated rings. The van der Waals surface area contributed by atoms with Gasteiger partial charge in [0.2, 0.25) is 5.91 Å². The van der Waals surface area contributed by atoms with Crippen molar-refractivity contribution >= 4 is 17.5 Å². The summed E-state index contributed by atoms with van der Waals surface area (Å²) in [5.74, 6) is 0.237. The number of anilines is 1. The lowest BCUT2D eigenvalue weighted by Crippen LogP contribution is -2.58. The van der Waals surface area contributed by atoms with Crippen molar-refractivity contribution in [1.82, 2.24) is 9.80 Å². The second kappa shape index (κ2) is 8.57. The molecule has 0 N–H and O–H groups in total. The maximum Gasteiger partial charge on any atom is 0.254 e. The van der Waals surface area contributed by atoms with Crippen molar-refractivity contribution < 1.29 is 14.3 Å². The van der Waals surface area contributed by atoms with E-state index in [1.807, 2.05) is 34.1 Å². The van der Waals surface area contributed by atoms with E-state index in [0.717, 1.165) is 18.8 Å². The summed E-state index contributed by atoms with van der Waals surface area (Å²) in [7, 11) is 0. The van der Waals surface area contributed by atoms with Crippen molar-refractivity contribution in [3.63, 3.8) is 0 Å². The molecule has 0 aliphatic carbocycles. The predicted molar refractivity (Wildman–Crippen MR) is 106 cm³/mol. The molecule has 0 spiro atoms. The van der Waals surface area contributed by atoms with Crippen molar-refractivity contribution in [2.45, 2.75) is 19.9 Å². The molecule has 0 bridgehead atoms. The van der Waals surface area contributed by atoms with Crippen LogP contribution in [0.4, 0.5) is 5.69 Å². The van der Waals surface area contributed by atoms with E-state index in [0.29, 0.717) is 38.4 Å². The van der Waals surface area contributed by atoms with Crippen LogP contribution < -0.4 is 4.90 Å². The number of nitrogens with zero attached hydrogens (tertiary/aromatic N) is 3. The first-order chi connectivity index (χ1) is 13.0. The highest BCUT2D eigenvalue weighted by atomic mass is 16.5. The molecule has 2 aliphatic rings. The van der Waals surface area contributed by atoms with E-state index in [4.69, 9.17) is 4.74 Å². The molecule has 2 amide bonds. The largest absolute Gasteiger partial charge is 0.378 e. The first kappa shape index (κ1) is 19.4. The minimum atomic E-state index is -0.0601. The van der Waals surface area contributed by atoms with Gasteiger partial charge in [-0.3, -0.25) is 9.59 Å². The van der Waals surface area contributed by atoms with E-state index < -0.39 is 0 Å². The number of ether oxygens (including phenoxy) is 1. The number of morpholine rings is 1. The predicted octanol–water partition coefficient (Wildman–Crippen LogP) is 2.02. The molecular weight excluding hydrogens is 342 g/mol. The lowest BCUT2D eigenvalue weighted by Gasteiger charge is -2.43. The highest BCUT2D eigenvalue weighted by Crippen LogP contribution is 2.22. The molecule has 6 heteroatoms. The van der Waals surface area contributed by atoms with Crippen LogP contribution in [0.1, 0.15) is 24.2 Å². The third-order valence-corrected chi connectivity index (χ3v) is 5.40. The van der Waals surface area contributed by atoms with Gasteiger partial charge < -0.3 is 19.4 Å². The van der Waals surface area contributed by atoms with Gasteiger partial charge in [-0.2, -0.15) is 0 Å². The van der Waals surface area contributed by atoms with Gasteiger partial charge in [-0.05, 0) is 30.2 Å². The van der Waals surface area contributed by atoms with Crippen LogP contribution in [-0.4, -0.2) is 73.6 Å². The number of carbonyl (C=O) groups excluding carboxylic acids is 2. The van der Waals surface area contributed by atoms with Crippen LogP contribution in [-0.2, 0) is 9.53 Å². The van der Waals surface area contributed by atoms with Crippen molar-refractivity contribution in [3.05, 3.63) is 42.5 Å². The minimum Gasteiger partial charge on any atom is -0.378 e. The van der Waals surface area contributed by atoms with Gasteiger partial charge in [0.05, 0.1) is 19.3 Å². The van der Waals surface area contributed by atoms with E-state index in [-0.39, 0.29) is 23.8 Å². The van der Waals surface area contributed by atoms with Crippen LogP contribution in [0.2, 0.25) is 0 Å². The van der Waals surface area contributed by atoms with Gasteiger partial charge in [-0.25, -0.2) is 0 Å². The zero-order chi connectivity index (χ0) is 19.4. The third kappa shape index (κ3) is 4.33. The number of carbonyl (C=O) groups is 2. The second-order valence-electron chi connectivity index (χ2n) is 7.45. The fourth-order valence-electron chi connectivity index (χ4n) is 3.80. The van der Waals surface area contributed by atoms with Gasteiger partial charge in [-0.15, -0.1) is 0 Å². The molecule has 1 atom stereocenters. The number of hydrogen-bond donors (Lipinski definition) is 0. The van der Waals surface area contributed by atoms with Gasteiger partial charge in [0.25, 0.3) is 5.91 Å². The van der Waals surface area contributed by atoms with Crippen molar-refractivity contribution in [2.24, 2.45) is 5.92 Å². The first-order valence-corrected chi connectivity index (χ1v) is 9.66. The summed E-state index contributed by atoms with van der Waals surface area (Å²) >= 11 is 0. The summed E-state index contributed by atoms with van der Waals surface area (Å²) in [5.41, 5.74) is 1.76. The Balaban J connectivity index is 1.74. The molecule has 0 unspecified atom stereocenters. The maximum atomic E-state index is 13.1. The van der Waals surface area contributed by atoms with E-state index in [1.165, 1.54) is 6.08 Å². The maximum absolute atomic E-state index is 13.1. The number of benzene rings is 1. The molecule has 27 heavy (non-hydrogen) atoms. The smallest absolute Gasteiger partial charge is 0.254 e. The van der Waals surface area contributed by atoms with Crippen molar-refractivity contribution in [3.8, 4) is 0 Å². The first-order valence-electron chi connectivity index (χ1n) is 9.66. The van der Waals surface area contributed by atoms with Crippen molar-refractivity contribution in [1.29, 1.82) is 0 Å². The Morgan fingerprint density at radius 3 is 2.59 bits per heavy atom. The average molecular weight is 371 g/mol. The Morgan fingerprint density at radius 2 is 1.93 bits per heavy atom. The molecule has 1 aromatic carbocycles. The molecule has 146 valence electrons. The quantitative estimate of drug-likeness (QED) is 0.760. The zero-order valence-corrected chi connectivity index (χ0v) is 16.3. The normalized spacial score (nSPS) is 20.7. The standard InChI is InChI=1S/C21H29N3O3/c1-4-20(25)24-9-8-23(15-19(24)16(2)3)21(26)17-6-5-7-18(14-17)22-10-12-27-13-11-22/h4-7,14,16,19H,1,8-13,15H2,2-3H3/t19-/m1/s1. The summed E-state index contributed by atoms with van der Waals surface area (Å²) < 4.78 is 5.41. The van der Waals surface area contributed by atoms with Gasteiger partial charge in [0.1, 0.15) is 0 Å². The van der Waals surface area contributed by atoms with Crippen LogP contribution in [0.3, 0.4) is 0 Å². The second-order valence-corrected chi connectivity index (χ2v) is 7.45. The Labute approximate surface area is 161 Å². The zero-order valence-electron chi connectivity index (χ0n) is 16.3. The average Bonchev–Trinajstić information content (AvgIpc) is 2.73. The van der Waals surface area contributed by atoms with Crippen LogP contribution in [0, 0.1) is 5.92 Å². The van der Waals surface area contributed by atoms with Crippen LogP contribution in [0.15, 0.2) is 36.9 Å². The van der Waals surface area contributed by atoms with Gasteiger partial charge in [0, 0.05) is 44.0 Å². The fraction of sp³-hybridized carbons (Fsp3) is 0.524. The van der Waals surface area contributed by atoms with E-state index in [1.54, 1.807) is 0 Å².